The van der Waals surface area contributed by atoms with Crippen LogP contribution in [-0.4, -0.2) is 20.5 Å². The molecule has 82 valence electrons. The van der Waals surface area contributed by atoms with Gasteiger partial charge in [-0.15, -0.1) is 0 Å². The van der Waals surface area contributed by atoms with Gasteiger partial charge in [0.15, 0.2) is 0 Å². The molecule has 0 aliphatic carbocycles. The van der Waals surface area contributed by atoms with Crippen molar-refractivity contribution in [2.75, 3.05) is 14.2 Å². The van der Waals surface area contributed by atoms with Crippen molar-refractivity contribution in [3.8, 4) is 11.5 Å². The molecule has 0 amide bonds. The summed E-state index contributed by atoms with van der Waals surface area (Å²) >= 11 is 0. The molecule has 1 aromatic rings. The van der Waals surface area contributed by atoms with Crippen molar-refractivity contribution in [3.05, 3.63) is 23.8 Å². The van der Waals surface area contributed by atoms with Gasteiger partial charge in [0.1, 0.15) is 17.8 Å². The highest BCUT2D eigenvalue weighted by atomic mass is 16.5. The number of ether oxygens (including phenoxy) is 2. The molecule has 1 rings (SSSR count). The quantitative estimate of drug-likeness (QED) is 0.697. The van der Waals surface area contributed by atoms with Crippen molar-refractivity contribution >= 4 is 6.29 Å². The Morgan fingerprint density at radius 1 is 1.33 bits per heavy atom. The average Bonchev–Trinajstić information content (AvgIpc) is 2.31. The Balaban J connectivity index is 3.11. The smallest absolute Gasteiger partial charge is 0.127 e. The molecular formula is C12H16O3. The zero-order valence-electron chi connectivity index (χ0n) is 9.32. The molecule has 0 saturated carbocycles. The van der Waals surface area contributed by atoms with E-state index in [0.717, 1.165) is 24.0 Å². The molecule has 3 nitrogen and oxygen atoms in total. The Morgan fingerprint density at radius 3 is 2.53 bits per heavy atom. The van der Waals surface area contributed by atoms with Gasteiger partial charge in [-0.2, -0.15) is 0 Å². The van der Waals surface area contributed by atoms with E-state index < -0.39 is 0 Å². The number of benzene rings is 1. The average molecular weight is 208 g/mol. The number of hydrogen-bond donors (Lipinski definition) is 0. The number of methoxy groups -OCH3 is 2. The summed E-state index contributed by atoms with van der Waals surface area (Å²) < 4.78 is 10.3. The molecule has 0 fully saturated rings. The van der Waals surface area contributed by atoms with Crippen LogP contribution in [0, 0.1) is 0 Å². The highest BCUT2D eigenvalue weighted by Crippen LogP contribution is 2.31. The summed E-state index contributed by atoms with van der Waals surface area (Å²) in [5.74, 6) is 1.33. The van der Waals surface area contributed by atoms with Gasteiger partial charge in [-0.3, -0.25) is 0 Å². The van der Waals surface area contributed by atoms with Crippen LogP contribution >= 0.6 is 0 Å². The van der Waals surface area contributed by atoms with Gasteiger partial charge in [-0.1, -0.05) is 13.0 Å². The molecule has 0 aliphatic heterocycles. The fourth-order valence-electron chi connectivity index (χ4n) is 1.51. The van der Waals surface area contributed by atoms with Crippen molar-refractivity contribution in [2.24, 2.45) is 0 Å². The van der Waals surface area contributed by atoms with E-state index in [9.17, 15) is 4.79 Å². The Labute approximate surface area is 90.0 Å². The maximum atomic E-state index is 10.9. The van der Waals surface area contributed by atoms with Crippen molar-refractivity contribution < 1.29 is 14.3 Å². The highest BCUT2D eigenvalue weighted by Gasteiger charge is 2.13. The summed E-state index contributed by atoms with van der Waals surface area (Å²) in [5, 5.41) is 0. The van der Waals surface area contributed by atoms with E-state index in [2.05, 4.69) is 0 Å². The lowest BCUT2D eigenvalue weighted by atomic mass is 9.97. The molecule has 0 N–H and O–H groups in total. The van der Waals surface area contributed by atoms with Crippen LogP contribution in [-0.2, 0) is 4.79 Å². The summed E-state index contributed by atoms with van der Waals surface area (Å²) in [4.78, 5) is 10.9. The Bertz CT molecular complexity index is 334. The molecule has 0 spiro atoms. The molecule has 15 heavy (non-hydrogen) atoms. The minimum atomic E-state index is -0.106. The van der Waals surface area contributed by atoms with Crippen LogP contribution < -0.4 is 9.47 Å². The summed E-state index contributed by atoms with van der Waals surface area (Å²) in [7, 11) is 3.20. The Morgan fingerprint density at radius 2 is 2.07 bits per heavy atom. The van der Waals surface area contributed by atoms with Gasteiger partial charge in [0.25, 0.3) is 0 Å². The maximum absolute atomic E-state index is 10.9. The lowest BCUT2D eigenvalue weighted by molar-refractivity contribution is -0.109. The molecule has 3 heteroatoms. The van der Waals surface area contributed by atoms with Crippen molar-refractivity contribution in [3.63, 3.8) is 0 Å². The van der Waals surface area contributed by atoms with Crippen LogP contribution in [0.4, 0.5) is 0 Å². The topological polar surface area (TPSA) is 35.5 Å². The van der Waals surface area contributed by atoms with Gasteiger partial charge >= 0.3 is 0 Å². The lowest BCUT2D eigenvalue weighted by Gasteiger charge is -2.13. The molecule has 0 aromatic heterocycles. The molecule has 0 bridgehead atoms. The first-order valence-corrected chi connectivity index (χ1v) is 4.94. The third kappa shape index (κ3) is 2.49. The van der Waals surface area contributed by atoms with Crippen LogP contribution in [0.25, 0.3) is 0 Å². The van der Waals surface area contributed by atoms with Gasteiger partial charge in [0.2, 0.25) is 0 Å². The SMILES string of the molecule is CCC(C=O)c1ccc(OC)cc1OC. The van der Waals surface area contributed by atoms with Crippen LogP contribution in [0.5, 0.6) is 11.5 Å². The van der Waals surface area contributed by atoms with Gasteiger partial charge < -0.3 is 14.3 Å². The van der Waals surface area contributed by atoms with E-state index in [0.29, 0.717) is 5.75 Å². The van der Waals surface area contributed by atoms with E-state index >= 15 is 0 Å². The number of hydrogen-bond acceptors (Lipinski definition) is 3. The van der Waals surface area contributed by atoms with Gasteiger partial charge in [-0.05, 0) is 12.5 Å². The molecule has 0 heterocycles. The summed E-state index contributed by atoms with van der Waals surface area (Å²) in [6, 6.07) is 5.51. The normalized spacial score (nSPS) is 11.9. The molecule has 1 atom stereocenters. The monoisotopic (exact) mass is 208 g/mol. The van der Waals surface area contributed by atoms with Crippen LogP contribution in [0.3, 0.4) is 0 Å². The molecule has 0 aliphatic rings. The van der Waals surface area contributed by atoms with E-state index in [-0.39, 0.29) is 5.92 Å². The minimum Gasteiger partial charge on any atom is -0.497 e. The molecule has 1 unspecified atom stereocenters. The van der Waals surface area contributed by atoms with E-state index in [1.54, 1.807) is 20.3 Å². The Hall–Kier alpha value is -1.51. The van der Waals surface area contributed by atoms with Crippen molar-refractivity contribution in [2.45, 2.75) is 19.3 Å². The predicted molar refractivity (Wildman–Crippen MR) is 58.6 cm³/mol. The van der Waals surface area contributed by atoms with E-state index in [4.69, 9.17) is 9.47 Å². The highest BCUT2D eigenvalue weighted by molar-refractivity contribution is 5.64. The van der Waals surface area contributed by atoms with Crippen molar-refractivity contribution in [1.82, 2.24) is 0 Å². The number of rotatable bonds is 5. The van der Waals surface area contributed by atoms with Crippen LogP contribution in [0.2, 0.25) is 0 Å². The van der Waals surface area contributed by atoms with Gasteiger partial charge in [0, 0.05) is 17.5 Å². The lowest BCUT2D eigenvalue weighted by Crippen LogP contribution is -2.01. The van der Waals surface area contributed by atoms with Crippen LogP contribution in [0.1, 0.15) is 24.8 Å². The van der Waals surface area contributed by atoms with Crippen LogP contribution in [0.15, 0.2) is 18.2 Å². The zero-order chi connectivity index (χ0) is 11.3. The second-order valence-electron chi connectivity index (χ2n) is 3.26. The van der Waals surface area contributed by atoms with E-state index in [1.807, 2.05) is 19.1 Å². The van der Waals surface area contributed by atoms with Gasteiger partial charge in [-0.25, -0.2) is 0 Å². The third-order valence-electron chi connectivity index (χ3n) is 2.44. The standard InChI is InChI=1S/C12H16O3/c1-4-9(8-13)11-6-5-10(14-2)7-12(11)15-3/h5-9H,4H2,1-3H3. The maximum Gasteiger partial charge on any atom is 0.127 e. The van der Waals surface area contributed by atoms with E-state index in [1.165, 1.54) is 0 Å². The molecule has 0 saturated heterocycles. The summed E-state index contributed by atoms with van der Waals surface area (Å²) in [6.07, 6.45) is 1.72. The Kier molecular flexibility index (Phi) is 4.16. The van der Waals surface area contributed by atoms with Gasteiger partial charge in [0.05, 0.1) is 14.2 Å². The minimum absolute atomic E-state index is 0.106. The first kappa shape index (κ1) is 11.6. The summed E-state index contributed by atoms with van der Waals surface area (Å²) in [5.41, 5.74) is 0.913. The molecule has 1 aromatic carbocycles. The third-order valence-corrected chi connectivity index (χ3v) is 2.44. The second kappa shape index (κ2) is 5.39. The number of aldehydes is 1. The summed E-state index contributed by atoms with van der Waals surface area (Å²) in [6.45, 7) is 1.97. The predicted octanol–water partition coefficient (Wildman–Crippen LogP) is 2.40. The number of carbonyl (C=O) groups excluding carboxylic acids is 1. The first-order valence-electron chi connectivity index (χ1n) is 4.94. The number of carbonyl (C=O) groups is 1. The fraction of sp³-hybridized carbons (Fsp3) is 0.417. The zero-order valence-corrected chi connectivity index (χ0v) is 9.32. The molecular weight excluding hydrogens is 192 g/mol. The first-order chi connectivity index (χ1) is 7.26. The second-order valence-corrected chi connectivity index (χ2v) is 3.26. The fourth-order valence-corrected chi connectivity index (χ4v) is 1.51. The van der Waals surface area contributed by atoms with Crippen molar-refractivity contribution in [1.29, 1.82) is 0 Å². The molecule has 0 radical (unpaired) electrons. The largest absolute Gasteiger partial charge is 0.497 e.